The number of piperidine rings is 1. The first-order chi connectivity index (χ1) is 17.1. The molecule has 8 nitrogen and oxygen atoms in total. The van der Waals surface area contributed by atoms with Crippen molar-refractivity contribution in [2.75, 3.05) is 44.2 Å². The molecule has 1 aromatic carbocycles. The molecule has 15 heteroatoms. The lowest BCUT2D eigenvalue weighted by Gasteiger charge is -2.36. The van der Waals surface area contributed by atoms with Gasteiger partial charge in [0.2, 0.25) is 0 Å². The minimum absolute atomic E-state index is 0.00990. The third-order valence-electron chi connectivity index (χ3n) is 6.38. The van der Waals surface area contributed by atoms with Gasteiger partial charge in [-0.05, 0) is 42.9 Å². The van der Waals surface area contributed by atoms with Crippen molar-refractivity contribution in [1.29, 1.82) is 4.78 Å². The van der Waals surface area contributed by atoms with E-state index in [-0.39, 0.29) is 13.1 Å². The van der Waals surface area contributed by atoms with Crippen molar-refractivity contribution in [3.05, 3.63) is 29.3 Å². The Kier molecular flexibility index (Phi) is 10.6. The van der Waals surface area contributed by atoms with Crippen LogP contribution in [-0.4, -0.2) is 82.0 Å². The minimum Gasteiger partial charge on any atom is -0.426 e. The number of alkyl halides is 6. The quantitative estimate of drug-likeness (QED) is 0.541. The molecule has 0 aliphatic carbocycles. The topological polar surface area (TPSA) is 94.0 Å². The standard InChI is InChI=1S/C22H29F6N3O2.HNO2S/c1-15-6-8-30(9-7-15)18-5-3-4-17(16(18)2)14-29-10-12-31(13-11-29)20(32)33-19(21(23,24)25)22(26,27)28;1-4(2)3/h3-5,15,19H,6-14H2,1-2H3;1H. The largest absolute Gasteiger partial charge is 0.434 e. The van der Waals surface area contributed by atoms with Crippen molar-refractivity contribution in [3.63, 3.8) is 0 Å². The minimum atomic E-state index is -5.72. The van der Waals surface area contributed by atoms with Gasteiger partial charge >= 0.3 is 28.9 Å². The summed E-state index contributed by atoms with van der Waals surface area (Å²) in [6, 6.07) is 6.11. The fourth-order valence-corrected chi connectivity index (χ4v) is 4.26. The highest BCUT2D eigenvalue weighted by Crippen LogP contribution is 2.36. The number of hydrogen-bond donors (Lipinski definition) is 1. The molecule has 210 valence electrons. The maximum atomic E-state index is 12.6. The van der Waals surface area contributed by atoms with Crippen LogP contribution >= 0.6 is 0 Å². The number of carbonyl (C=O) groups excluding carboxylic acids is 1. The van der Waals surface area contributed by atoms with Gasteiger partial charge in [-0.3, -0.25) is 4.90 Å². The molecule has 1 aromatic rings. The van der Waals surface area contributed by atoms with Crippen LogP contribution in [0.15, 0.2) is 18.2 Å². The van der Waals surface area contributed by atoms with Gasteiger partial charge in [0.25, 0.3) is 6.10 Å². The van der Waals surface area contributed by atoms with E-state index >= 15 is 0 Å². The summed E-state index contributed by atoms with van der Waals surface area (Å²) in [6.07, 6.45) is -14.9. The Hall–Kier alpha value is -2.55. The van der Waals surface area contributed by atoms with Gasteiger partial charge < -0.3 is 14.5 Å². The first-order valence-electron chi connectivity index (χ1n) is 11.5. The average molecular weight is 561 g/mol. The zero-order valence-corrected chi connectivity index (χ0v) is 21.2. The second-order valence-corrected chi connectivity index (χ2v) is 9.55. The molecule has 0 atom stereocenters. The molecular weight excluding hydrogens is 530 g/mol. The second kappa shape index (κ2) is 12.8. The number of amides is 1. The summed E-state index contributed by atoms with van der Waals surface area (Å²) in [5, 5.41) is 0. The van der Waals surface area contributed by atoms with E-state index in [0.717, 1.165) is 47.9 Å². The van der Waals surface area contributed by atoms with E-state index in [1.54, 1.807) is 0 Å². The summed E-state index contributed by atoms with van der Waals surface area (Å²) in [7, 11) is -2.61. The summed E-state index contributed by atoms with van der Waals surface area (Å²) < 4.78 is 102. The van der Waals surface area contributed by atoms with Crippen molar-refractivity contribution in [1.82, 2.24) is 9.80 Å². The van der Waals surface area contributed by atoms with E-state index < -0.39 is 35.1 Å². The maximum absolute atomic E-state index is 12.6. The number of piperazine rings is 1. The average Bonchev–Trinajstić information content (AvgIpc) is 2.78. The predicted octanol–water partition coefficient (Wildman–Crippen LogP) is 4.61. The molecule has 2 heterocycles. The molecule has 0 saturated carbocycles. The predicted molar refractivity (Wildman–Crippen MR) is 123 cm³/mol. The summed E-state index contributed by atoms with van der Waals surface area (Å²) in [5.74, 6) is 0.718. The van der Waals surface area contributed by atoms with Gasteiger partial charge in [0, 0.05) is 51.5 Å². The van der Waals surface area contributed by atoms with Gasteiger partial charge in [0.05, 0.1) is 0 Å². The van der Waals surface area contributed by atoms with Gasteiger partial charge in [0.15, 0.2) is 0 Å². The number of benzene rings is 1. The third-order valence-corrected chi connectivity index (χ3v) is 6.38. The summed E-state index contributed by atoms with van der Waals surface area (Å²) in [4.78, 5) is 17.2. The van der Waals surface area contributed by atoms with Crippen LogP contribution in [0.5, 0.6) is 0 Å². The van der Waals surface area contributed by atoms with Crippen molar-refractivity contribution in [2.45, 2.75) is 51.7 Å². The molecule has 0 aromatic heterocycles. The summed E-state index contributed by atoms with van der Waals surface area (Å²) in [5.41, 5.74) is 3.45. The molecule has 0 spiro atoms. The lowest BCUT2D eigenvalue weighted by atomic mass is 9.97. The van der Waals surface area contributed by atoms with Crippen molar-refractivity contribution in [2.24, 2.45) is 5.92 Å². The first kappa shape index (κ1) is 30.7. The SMILES string of the molecule is Cc1c(CN2CCN(C(=O)OC(C(F)(F)F)C(F)(F)F)CC2)cccc1N1CCC(C)CC1.N=S(=O)=O. The first-order valence-corrected chi connectivity index (χ1v) is 12.6. The van der Waals surface area contributed by atoms with Crippen LogP contribution in [-0.2, 0) is 21.8 Å². The molecule has 2 fully saturated rings. The highest BCUT2D eigenvalue weighted by atomic mass is 32.2. The maximum Gasteiger partial charge on any atom is 0.434 e. The van der Waals surface area contributed by atoms with Crippen LogP contribution < -0.4 is 4.90 Å². The number of ether oxygens (including phenoxy) is 1. The monoisotopic (exact) mass is 560 g/mol. The number of nitrogens with one attached hydrogen (secondary N) is 1. The molecule has 0 unspecified atom stereocenters. The molecule has 0 bridgehead atoms. The zero-order chi connectivity index (χ0) is 28.0. The molecule has 2 saturated heterocycles. The normalized spacial score (nSPS) is 17.9. The number of rotatable bonds is 4. The van der Waals surface area contributed by atoms with Gasteiger partial charge in [0.1, 0.15) is 0 Å². The molecular formula is C22H30F6N4O4S. The van der Waals surface area contributed by atoms with Gasteiger partial charge in [-0.2, -0.15) is 39.5 Å². The lowest BCUT2D eigenvalue weighted by Crippen LogP contribution is -2.52. The molecule has 0 radical (unpaired) electrons. The number of carbonyl (C=O) groups is 1. The smallest absolute Gasteiger partial charge is 0.426 e. The van der Waals surface area contributed by atoms with Gasteiger partial charge in [-0.15, -0.1) is 0 Å². The van der Waals surface area contributed by atoms with E-state index in [2.05, 4.69) is 29.6 Å². The Morgan fingerprint density at radius 1 is 1.03 bits per heavy atom. The van der Waals surface area contributed by atoms with E-state index in [4.69, 9.17) is 13.2 Å². The van der Waals surface area contributed by atoms with Crippen LogP contribution in [0.1, 0.15) is 30.9 Å². The highest BCUT2D eigenvalue weighted by Gasteiger charge is 2.60. The van der Waals surface area contributed by atoms with Crippen molar-refractivity contribution in [3.8, 4) is 0 Å². The third kappa shape index (κ3) is 9.36. The Morgan fingerprint density at radius 3 is 2.03 bits per heavy atom. The second-order valence-electron chi connectivity index (χ2n) is 9.08. The Labute approximate surface area is 212 Å². The van der Waals surface area contributed by atoms with Crippen LogP contribution in [0.3, 0.4) is 0 Å². The fourth-order valence-electron chi connectivity index (χ4n) is 4.26. The van der Waals surface area contributed by atoms with E-state index in [0.29, 0.717) is 19.6 Å². The number of anilines is 1. The van der Waals surface area contributed by atoms with Crippen LogP contribution in [0.2, 0.25) is 0 Å². The number of nitrogens with zero attached hydrogens (tertiary/aromatic N) is 3. The molecule has 2 aliphatic heterocycles. The van der Waals surface area contributed by atoms with Crippen LogP contribution in [0.25, 0.3) is 0 Å². The molecule has 2 aliphatic rings. The summed E-state index contributed by atoms with van der Waals surface area (Å²) in [6.45, 7) is 7.53. The molecule has 1 N–H and O–H groups in total. The van der Waals surface area contributed by atoms with Gasteiger partial charge in [-0.25, -0.2) is 4.79 Å². The Morgan fingerprint density at radius 2 is 1.54 bits per heavy atom. The van der Waals surface area contributed by atoms with Crippen LogP contribution in [0, 0.1) is 17.6 Å². The Balaban J connectivity index is 0.00000112. The fraction of sp³-hybridized carbons (Fsp3) is 0.682. The Bertz CT molecular complexity index is 999. The molecule has 1 amide bonds. The van der Waals surface area contributed by atoms with Crippen molar-refractivity contribution < 1.29 is 44.3 Å². The molecule has 3 rings (SSSR count). The van der Waals surface area contributed by atoms with E-state index in [1.807, 2.05) is 17.0 Å². The van der Waals surface area contributed by atoms with E-state index in [9.17, 15) is 31.1 Å². The lowest BCUT2D eigenvalue weighted by molar-refractivity contribution is -0.308. The zero-order valence-electron chi connectivity index (χ0n) is 20.4. The van der Waals surface area contributed by atoms with Crippen LogP contribution in [0.4, 0.5) is 36.8 Å². The van der Waals surface area contributed by atoms with E-state index in [1.165, 1.54) is 5.69 Å². The number of halogens is 6. The molecule has 37 heavy (non-hydrogen) atoms. The van der Waals surface area contributed by atoms with Gasteiger partial charge in [-0.1, -0.05) is 19.1 Å². The number of hydrogen-bond acceptors (Lipinski definition) is 7. The summed E-state index contributed by atoms with van der Waals surface area (Å²) >= 11 is 0. The van der Waals surface area contributed by atoms with Crippen molar-refractivity contribution >= 4 is 22.3 Å². The highest BCUT2D eigenvalue weighted by molar-refractivity contribution is 7.60.